The highest BCUT2D eigenvalue weighted by Crippen LogP contribution is 2.43. The Kier molecular flexibility index (Phi) is 6.64. The zero-order chi connectivity index (χ0) is 33.0. The molecule has 0 saturated heterocycles. The van der Waals surface area contributed by atoms with Crippen LogP contribution >= 0.6 is 11.3 Å². The monoisotopic (exact) mass is 656 g/mol. The van der Waals surface area contributed by atoms with Gasteiger partial charge in [-0.2, -0.15) is 0 Å². The number of hydrogen-bond donors (Lipinski definition) is 0. The molecule has 0 radical (unpaired) electrons. The van der Waals surface area contributed by atoms with Crippen LogP contribution in [0, 0.1) is 0 Å². The smallest absolute Gasteiger partial charge is 0.164 e. The Bertz CT molecular complexity index is 2800. The first kappa shape index (κ1) is 28.6. The van der Waals surface area contributed by atoms with Gasteiger partial charge in [0.15, 0.2) is 17.5 Å². The average Bonchev–Trinajstić information content (AvgIpc) is 3.74. The van der Waals surface area contributed by atoms with Crippen molar-refractivity contribution in [3.8, 4) is 51.0 Å². The fourth-order valence-corrected chi connectivity index (χ4v) is 8.39. The molecular formula is C45H28N4S. The maximum atomic E-state index is 5.07. The quantitative estimate of drug-likeness (QED) is 0.185. The summed E-state index contributed by atoms with van der Waals surface area (Å²) in [5.74, 6) is 1.99. The van der Waals surface area contributed by atoms with Gasteiger partial charge in [-0.3, -0.25) is 0 Å². The molecule has 3 aromatic heterocycles. The second-order valence-electron chi connectivity index (χ2n) is 12.4. The molecule has 0 atom stereocenters. The van der Waals surface area contributed by atoms with Crippen LogP contribution in [0.5, 0.6) is 0 Å². The lowest BCUT2D eigenvalue weighted by Crippen LogP contribution is -2.00. The summed E-state index contributed by atoms with van der Waals surface area (Å²) in [5, 5.41) is 4.88. The largest absolute Gasteiger partial charge is 0.309 e. The van der Waals surface area contributed by atoms with E-state index in [1.807, 2.05) is 72.0 Å². The van der Waals surface area contributed by atoms with Crippen LogP contribution in [0.15, 0.2) is 170 Å². The van der Waals surface area contributed by atoms with Gasteiger partial charge in [0.25, 0.3) is 0 Å². The minimum Gasteiger partial charge on any atom is -0.309 e. The minimum atomic E-state index is 0.662. The second kappa shape index (κ2) is 11.6. The molecule has 0 N–H and O–H groups in total. The molecule has 0 unspecified atom stereocenters. The van der Waals surface area contributed by atoms with E-state index in [9.17, 15) is 0 Å². The van der Waals surface area contributed by atoms with Crippen molar-refractivity contribution in [3.63, 3.8) is 0 Å². The molecule has 5 heteroatoms. The van der Waals surface area contributed by atoms with Gasteiger partial charge in [-0.1, -0.05) is 140 Å². The fourth-order valence-electron chi connectivity index (χ4n) is 7.22. The predicted octanol–water partition coefficient (Wildman–Crippen LogP) is 12.0. The third kappa shape index (κ3) is 4.63. The average molecular weight is 657 g/mol. The molecule has 0 amide bonds. The molecule has 0 fully saturated rings. The van der Waals surface area contributed by atoms with Crippen LogP contribution in [0.3, 0.4) is 0 Å². The van der Waals surface area contributed by atoms with E-state index >= 15 is 0 Å². The van der Waals surface area contributed by atoms with E-state index in [0.717, 1.165) is 27.8 Å². The Morgan fingerprint density at radius 2 is 0.960 bits per heavy atom. The van der Waals surface area contributed by atoms with E-state index in [2.05, 4.69) is 114 Å². The van der Waals surface area contributed by atoms with Crippen LogP contribution in [-0.4, -0.2) is 19.5 Å². The number of fused-ring (bicyclic) bond motifs is 6. The van der Waals surface area contributed by atoms with Crippen molar-refractivity contribution in [2.24, 2.45) is 0 Å². The molecular weight excluding hydrogens is 629 g/mol. The summed E-state index contributed by atoms with van der Waals surface area (Å²) in [6.07, 6.45) is 0. The summed E-state index contributed by atoms with van der Waals surface area (Å²) in [6.45, 7) is 0. The lowest BCUT2D eigenvalue weighted by Gasteiger charge is -2.10. The van der Waals surface area contributed by atoms with Crippen molar-refractivity contribution in [1.29, 1.82) is 0 Å². The van der Waals surface area contributed by atoms with Crippen molar-refractivity contribution in [2.75, 3.05) is 0 Å². The number of benzene rings is 7. The number of rotatable bonds is 5. The molecule has 0 aliphatic rings. The van der Waals surface area contributed by atoms with Crippen molar-refractivity contribution in [3.05, 3.63) is 170 Å². The molecule has 10 rings (SSSR count). The standard InChI is InChI=1S/C45H28N4S/c1-4-14-29(15-5-1)33-21-12-24-38-41(33)34-20-10-11-23-37(34)49(38)32-26-27-35-40(28-32)50-39-25-13-22-36(42(35)39)45-47-43(30-16-6-2-7-17-30)46-44(48-45)31-18-8-3-9-19-31/h1-28H. The van der Waals surface area contributed by atoms with E-state index in [1.165, 1.54) is 47.7 Å². The predicted molar refractivity (Wildman–Crippen MR) is 209 cm³/mol. The summed E-state index contributed by atoms with van der Waals surface area (Å²) in [7, 11) is 0. The van der Waals surface area contributed by atoms with Gasteiger partial charge in [0, 0.05) is 53.3 Å². The van der Waals surface area contributed by atoms with Gasteiger partial charge in [-0.05, 0) is 41.5 Å². The summed E-state index contributed by atoms with van der Waals surface area (Å²) in [6, 6.07) is 59.7. The zero-order valence-corrected chi connectivity index (χ0v) is 27.7. The SMILES string of the molecule is c1ccc(-c2nc(-c3ccccc3)nc(-c3cccc4sc5cc(-n6c7ccccc7c7c(-c8ccccc8)cccc76)ccc5c34)n2)cc1. The van der Waals surface area contributed by atoms with Crippen LogP contribution in [0.4, 0.5) is 0 Å². The Balaban J connectivity index is 1.18. The van der Waals surface area contributed by atoms with Crippen LogP contribution in [-0.2, 0) is 0 Å². The molecule has 10 aromatic rings. The van der Waals surface area contributed by atoms with Gasteiger partial charge in [-0.25, -0.2) is 15.0 Å². The first-order valence-electron chi connectivity index (χ1n) is 16.7. The topological polar surface area (TPSA) is 43.6 Å². The lowest BCUT2D eigenvalue weighted by molar-refractivity contribution is 1.08. The minimum absolute atomic E-state index is 0.662. The van der Waals surface area contributed by atoms with Gasteiger partial charge in [0.05, 0.1) is 11.0 Å². The molecule has 7 aromatic carbocycles. The Morgan fingerprint density at radius 3 is 1.68 bits per heavy atom. The van der Waals surface area contributed by atoms with Crippen molar-refractivity contribution >= 4 is 53.3 Å². The van der Waals surface area contributed by atoms with E-state index < -0.39 is 0 Å². The third-order valence-corrected chi connectivity index (χ3v) is 10.6. The summed E-state index contributed by atoms with van der Waals surface area (Å²) >= 11 is 1.81. The number of nitrogens with zero attached hydrogens (tertiary/aromatic N) is 4. The van der Waals surface area contributed by atoms with E-state index in [-0.39, 0.29) is 0 Å². The second-order valence-corrected chi connectivity index (χ2v) is 13.5. The molecule has 3 heterocycles. The van der Waals surface area contributed by atoms with Crippen molar-refractivity contribution in [1.82, 2.24) is 19.5 Å². The summed E-state index contributed by atoms with van der Waals surface area (Å²) < 4.78 is 4.83. The molecule has 4 nitrogen and oxygen atoms in total. The Hall–Kier alpha value is -6.43. The van der Waals surface area contributed by atoms with Gasteiger partial charge in [-0.15, -0.1) is 11.3 Å². The van der Waals surface area contributed by atoms with Gasteiger partial charge >= 0.3 is 0 Å². The molecule has 0 aliphatic heterocycles. The van der Waals surface area contributed by atoms with Crippen LogP contribution < -0.4 is 0 Å². The molecule has 0 saturated carbocycles. The highest BCUT2D eigenvalue weighted by atomic mass is 32.1. The van der Waals surface area contributed by atoms with Gasteiger partial charge < -0.3 is 4.57 Å². The Labute approximate surface area is 292 Å². The lowest BCUT2D eigenvalue weighted by atomic mass is 9.99. The summed E-state index contributed by atoms with van der Waals surface area (Å²) in [4.78, 5) is 15.1. The van der Waals surface area contributed by atoms with Gasteiger partial charge in [0.1, 0.15) is 0 Å². The van der Waals surface area contributed by atoms with E-state index in [1.54, 1.807) is 0 Å². The maximum Gasteiger partial charge on any atom is 0.164 e. The first-order chi connectivity index (χ1) is 24.8. The third-order valence-electron chi connectivity index (χ3n) is 9.46. The first-order valence-corrected chi connectivity index (χ1v) is 17.5. The molecule has 50 heavy (non-hydrogen) atoms. The molecule has 0 aliphatic carbocycles. The normalized spacial score (nSPS) is 11.6. The molecule has 0 spiro atoms. The van der Waals surface area contributed by atoms with Crippen LogP contribution in [0.1, 0.15) is 0 Å². The Morgan fingerprint density at radius 1 is 0.380 bits per heavy atom. The van der Waals surface area contributed by atoms with Crippen molar-refractivity contribution in [2.45, 2.75) is 0 Å². The number of para-hydroxylation sites is 1. The zero-order valence-electron chi connectivity index (χ0n) is 26.9. The van der Waals surface area contributed by atoms with Crippen molar-refractivity contribution < 1.29 is 0 Å². The van der Waals surface area contributed by atoms with Crippen LogP contribution in [0.25, 0.3) is 93.0 Å². The highest BCUT2D eigenvalue weighted by Gasteiger charge is 2.19. The van der Waals surface area contributed by atoms with E-state index in [0.29, 0.717) is 17.5 Å². The number of aromatic nitrogens is 4. The molecule has 0 bridgehead atoms. The van der Waals surface area contributed by atoms with E-state index in [4.69, 9.17) is 15.0 Å². The summed E-state index contributed by atoms with van der Waals surface area (Å²) in [5.41, 5.74) is 8.91. The maximum absolute atomic E-state index is 5.07. The van der Waals surface area contributed by atoms with Crippen LogP contribution in [0.2, 0.25) is 0 Å². The highest BCUT2D eigenvalue weighted by molar-refractivity contribution is 7.26. The number of hydrogen-bond acceptors (Lipinski definition) is 4. The fraction of sp³-hybridized carbons (Fsp3) is 0. The number of thiophene rings is 1. The van der Waals surface area contributed by atoms with Gasteiger partial charge in [0.2, 0.25) is 0 Å². The molecule has 234 valence electrons.